The minimum absolute atomic E-state index is 0.108. The Labute approximate surface area is 260 Å². The number of carboxylic acid groups (broad SMARTS) is 2. The molecule has 1 aromatic heterocycles. The van der Waals surface area contributed by atoms with Crippen LogP contribution in [0, 0.1) is 6.92 Å². The molecule has 7 N–H and O–H groups in total. The molecule has 1 aliphatic rings. The number of nitrogens with zero attached hydrogens (tertiary/aromatic N) is 3. The summed E-state index contributed by atoms with van der Waals surface area (Å²) in [4.78, 5) is 35.4. The zero-order chi connectivity index (χ0) is 34.4. The van der Waals surface area contributed by atoms with Crippen molar-refractivity contribution in [2.24, 2.45) is 0 Å². The summed E-state index contributed by atoms with van der Waals surface area (Å²) in [6, 6.07) is 7.48. The van der Waals surface area contributed by atoms with E-state index in [1.807, 2.05) is 13.8 Å². The van der Waals surface area contributed by atoms with Gasteiger partial charge >= 0.3 is 18.1 Å². The van der Waals surface area contributed by atoms with Crippen LogP contribution in [0.5, 0.6) is 11.5 Å². The predicted octanol–water partition coefficient (Wildman–Crippen LogP) is 2.71. The number of amides is 1. The van der Waals surface area contributed by atoms with Gasteiger partial charge in [0, 0.05) is 35.8 Å². The van der Waals surface area contributed by atoms with Gasteiger partial charge in [-0.1, -0.05) is 12.1 Å². The van der Waals surface area contributed by atoms with E-state index in [2.05, 4.69) is 20.7 Å². The third-order valence-corrected chi connectivity index (χ3v) is 6.79. The number of rotatable bonds is 11. The van der Waals surface area contributed by atoms with Crippen molar-refractivity contribution in [1.82, 2.24) is 20.1 Å². The van der Waals surface area contributed by atoms with E-state index in [1.54, 1.807) is 11.6 Å². The molecule has 2 aromatic carbocycles. The second-order valence-corrected chi connectivity index (χ2v) is 11.0. The van der Waals surface area contributed by atoms with Gasteiger partial charge in [0.25, 0.3) is 5.91 Å². The number of phenols is 1. The Kier molecular flexibility index (Phi) is 11.3. The first-order chi connectivity index (χ1) is 21.4. The predicted molar refractivity (Wildman–Crippen MR) is 155 cm³/mol. The summed E-state index contributed by atoms with van der Waals surface area (Å²) in [5, 5.41) is 55.3. The van der Waals surface area contributed by atoms with Gasteiger partial charge in [-0.05, 0) is 45.4 Å². The Hall–Kier alpha value is -4.74. The van der Waals surface area contributed by atoms with Gasteiger partial charge in [-0.15, -0.1) is 0 Å². The molecular weight excluding hydrogens is 619 g/mol. The van der Waals surface area contributed by atoms with Gasteiger partial charge in [-0.25, -0.2) is 14.5 Å². The summed E-state index contributed by atoms with van der Waals surface area (Å²) in [6.07, 6.45) is -7.37. The van der Waals surface area contributed by atoms with Crippen LogP contribution in [-0.4, -0.2) is 82.9 Å². The van der Waals surface area contributed by atoms with Gasteiger partial charge in [-0.2, -0.15) is 18.3 Å². The van der Waals surface area contributed by atoms with Gasteiger partial charge in [-0.3, -0.25) is 9.59 Å². The Morgan fingerprint density at radius 2 is 1.78 bits per heavy atom. The van der Waals surface area contributed by atoms with Crippen molar-refractivity contribution in [1.29, 1.82) is 0 Å². The molecule has 0 aliphatic carbocycles. The lowest BCUT2D eigenvalue weighted by Crippen LogP contribution is -2.42. The van der Waals surface area contributed by atoms with E-state index in [9.17, 15) is 37.8 Å². The number of aliphatic hydroxyl groups is 2. The summed E-state index contributed by atoms with van der Waals surface area (Å²) < 4.78 is 45.6. The number of alkyl halides is 3. The topological polar surface area (TPSA) is 216 Å². The molecule has 0 radical (unpaired) electrons. The van der Waals surface area contributed by atoms with Crippen molar-refractivity contribution in [3.63, 3.8) is 0 Å². The van der Waals surface area contributed by atoms with Crippen LogP contribution in [-0.2, 0) is 27.1 Å². The summed E-state index contributed by atoms with van der Waals surface area (Å²) in [5.41, 5.74) is -0.0327. The molecule has 17 heteroatoms. The van der Waals surface area contributed by atoms with E-state index in [0.29, 0.717) is 47.2 Å². The van der Waals surface area contributed by atoms with Crippen LogP contribution < -0.4 is 15.4 Å². The molecule has 0 fully saturated rings. The highest BCUT2D eigenvalue weighted by atomic mass is 19.4. The Morgan fingerprint density at radius 3 is 2.35 bits per heavy atom. The Morgan fingerprint density at radius 1 is 1.13 bits per heavy atom. The number of hydrogen-bond acceptors (Lipinski definition) is 10. The fraction of sp³-hybridized carbons (Fsp3) is 0.414. The molecule has 1 amide bonds. The smallest absolute Gasteiger partial charge is 0.416 e. The van der Waals surface area contributed by atoms with E-state index in [4.69, 9.17) is 20.1 Å². The molecule has 14 nitrogen and oxygen atoms in total. The molecule has 2 atom stereocenters. The highest BCUT2D eigenvalue weighted by molar-refractivity contribution is 5.96. The lowest BCUT2D eigenvalue weighted by molar-refractivity contribution is -0.152. The highest BCUT2D eigenvalue weighted by Crippen LogP contribution is 2.39. The third kappa shape index (κ3) is 9.88. The van der Waals surface area contributed by atoms with E-state index in [-0.39, 0.29) is 24.8 Å². The summed E-state index contributed by atoms with van der Waals surface area (Å²) in [6.45, 7) is 6.13. The molecular formula is C29H34F3N5O9. The molecule has 0 bridgehead atoms. The number of carbonyl (C=O) groups excluding carboxylic acids is 1. The van der Waals surface area contributed by atoms with Crippen molar-refractivity contribution in [3.8, 4) is 22.9 Å². The van der Waals surface area contributed by atoms with E-state index < -0.39 is 47.8 Å². The molecule has 0 saturated carbocycles. The minimum Gasteiger partial charge on any atom is -0.508 e. The normalized spacial score (nSPS) is 14.2. The number of benzene rings is 2. The standard InChI is InChI=1S/C25H28F3N5O4.C4H6O5/c1-14-30-23(15-4-6-16(7-5-15)25(26,27)28)32-33(14)9-8-24(2,3)29-12-20(35)18-10-17(34)11-19-22(18)37-13-21(36)31-19;5-2(4(8)9)1-3(6)7/h4-7,10-11,20,29,34-35H,8-9,12-13H2,1-3H3,(H,31,36);2,5H,1H2,(H,6,7)(H,8,9). The van der Waals surface area contributed by atoms with Crippen molar-refractivity contribution in [2.45, 2.75) is 64.1 Å². The first-order valence-electron chi connectivity index (χ1n) is 13.8. The molecule has 0 spiro atoms. The lowest BCUT2D eigenvalue weighted by atomic mass is 9.99. The fourth-order valence-corrected chi connectivity index (χ4v) is 4.23. The number of carbonyl (C=O) groups is 3. The highest BCUT2D eigenvalue weighted by Gasteiger charge is 2.30. The van der Waals surface area contributed by atoms with Crippen molar-refractivity contribution in [3.05, 3.63) is 53.3 Å². The van der Waals surface area contributed by atoms with Crippen molar-refractivity contribution >= 4 is 23.5 Å². The number of β-amino-alcohol motifs (C(OH)–C–C–N with tert-alkyl or cyclic N) is 1. The fourth-order valence-electron chi connectivity index (χ4n) is 4.23. The van der Waals surface area contributed by atoms with Crippen LogP contribution >= 0.6 is 0 Å². The quantitative estimate of drug-likeness (QED) is 0.159. The second kappa shape index (κ2) is 14.6. The number of aromatic hydroxyl groups is 1. The number of aryl methyl sites for hydroxylation is 2. The Bertz CT molecular complexity index is 1560. The number of anilines is 1. The first-order valence-corrected chi connectivity index (χ1v) is 13.8. The Balaban J connectivity index is 0.000000559. The zero-order valence-electron chi connectivity index (χ0n) is 25.0. The number of fused-ring (bicyclic) bond motifs is 1. The number of aromatic nitrogens is 3. The maximum Gasteiger partial charge on any atom is 0.416 e. The van der Waals surface area contributed by atoms with E-state index in [1.165, 1.54) is 24.3 Å². The van der Waals surface area contributed by atoms with Gasteiger partial charge in [0.05, 0.1) is 23.8 Å². The number of phenolic OH excluding ortho intramolecular Hbond substituents is 1. The number of halogens is 3. The van der Waals surface area contributed by atoms with Gasteiger partial charge < -0.3 is 40.9 Å². The van der Waals surface area contributed by atoms with Crippen LogP contribution in [0.15, 0.2) is 36.4 Å². The summed E-state index contributed by atoms with van der Waals surface area (Å²) in [5.74, 6) is -2.02. The van der Waals surface area contributed by atoms with Crippen LogP contribution in [0.2, 0.25) is 0 Å². The van der Waals surface area contributed by atoms with Crippen LogP contribution in [0.3, 0.4) is 0 Å². The van der Waals surface area contributed by atoms with Crippen molar-refractivity contribution in [2.75, 3.05) is 18.5 Å². The van der Waals surface area contributed by atoms with Crippen LogP contribution in [0.1, 0.15) is 49.7 Å². The number of hydrogen-bond donors (Lipinski definition) is 7. The summed E-state index contributed by atoms with van der Waals surface area (Å²) in [7, 11) is 0. The molecule has 250 valence electrons. The summed E-state index contributed by atoms with van der Waals surface area (Å²) >= 11 is 0. The average Bonchev–Trinajstić information content (AvgIpc) is 3.34. The molecule has 0 saturated heterocycles. The largest absolute Gasteiger partial charge is 0.508 e. The van der Waals surface area contributed by atoms with Gasteiger partial charge in [0.15, 0.2) is 18.5 Å². The first kappa shape index (κ1) is 35.7. The number of aliphatic hydroxyl groups excluding tert-OH is 2. The van der Waals surface area contributed by atoms with Crippen LogP contribution in [0.25, 0.3) is 11.4 Å². The maximum absolute atomic E-state index is 12.8. The number of ether oxygens (including phenoxy) is 1. The average molecular weight is 654 g/mol. The molecule has 46 heavy (non-hydrogen) atoms. The van der Waals surface area contributed by atoms with Crippen molar-refractivity contribution < 1.29 is 57.8 Å². The van der Waals surface area contributed by atoms with E-state index >= 15 is 0 Å². The third-order valence-electron chi connectivity index (χ3n) is 6.79. The second-order valence-electron chi connectivity index (χ2n) is 11.0. The van der Waals surface area contributed by atoms with Crippen LogP contribution in [0.4, 0.5) is 18.9 Å². The maximum atomic E-state index is 12.8. The van der Waals surface area contributed by atoms with E-state index in [0.717, 1.165) is 12.1 Å². The molecule has 2 unspecified atom stereocenters. The van der Waals surface area contributed by atoms with Gasteiger partial charge in [0.1, 0.15) is 17.3 Å². The molecule has 2 heterocycles. The molecule has 4 rings (SSSR count). The lowest BCUT2D eigenvalue weighted by Gasteiger charge is -2.29. The van der Waals surface area contributed by atoms with Gasteiger partial charge in [0.2, 0.25) is 0 Å². The SMILES string of the molecule is Cc1nc(-c2ccc(C(F)(F)F)cc2)nn1CCC(C)(C)NCC(O)c1cc(O)cc2c1OCC(=O)N2.O=C(O)CC(O)C(=O)O. The molecule has 1 aliphatic heterocycles. The number of aliphatic carboxylic acids is 2. The minimum atomic E-state index is -4.41. The zero-order valence-corrected chi connectivity index (χ0v) is 25.0. The molecule has 3 aromatic rings. The number of carboxylic acids is 2. The number of nitrogens with one attached hydrogen (secondary N) is 2. The monoisotopic (exact) mass is 653 g/mol.